The third-order valence-electron chi connectivity index (χ3n) is 5.89. The molecule has 1 N–H and O–H groups in total. The molecule has 2 aliphatic rings. The first kappa shape index (κ1) is 21.1. The summed E-state index contributed by atoms with van der Waals surface area (Å²) in [5.41, 5.74) is 2.29. The molecule has 3 aromatic rings. The smallest absolute Gasteiger partial charge is 0.407 e. The number of likely N-dealkylation sites (tertiary alicyclic amines) is 1. The highest BCUT2D eigenvalue weighted by molar-refractivity contribution is 9.10. The van der Waals surface area contributed by atoms with E-state index in [0.29, 0.717) is 30.4 Å². The van der Waals surface area contributed by atoms with E-state index in [4.69, 9.17) is 14.6 Å². The Balaban J connectivity index is 1.46. The summed E-state index contributed by atoms with van der Waals surface area (Å²) in [7, 11) is 0. The van der Waals surface area contributed by atoms with Gasteiger partial charge in [-0.2, -0.15) is 5.10 Å². The van der Waals surface area contributed by atoms with Gasteiger partial charge in [-0.05, 0) is 50.3 Å². The van der Waals surface area contributed by atoms with Crippen molar-refractivity contribution in [3.63, 3.8) is 0 Å². The fourth-order valence-corrected chi connectivity index (χ4v) is 4.70. The van der Waals surface area contributed by atoms with Gasteiger partial charge < -0.3 is 19.5 Å². The highest BCUT2D eigenvalue weighted by Gasteiger charge is 2.26. The average Bonchev–Trinajstić information content (AvgIpc) is 3.19. The number of piperidine rings is 1. The van der Waals surface area contributed by atoms with Crippen molar-refractivity contribution in [3.8, 4) is 17.3 Å². The Labute approximate surface area is 193 Å². The van der Waals surface area contributed by atoms with E-state index >= 15 is 0 Å². The van der Waals surface area contributed by atoms with Crippen LogP contribution in [0.4, 0.5) is 4.79 Å². The van der Waals surface area contributed by atoms with Crippen molar-refractivity contribution >= 4 is 32.9 Å². The van der Waals surface area contributed by atoms with Crippen molar-refractivity contribution in [2.75, 3.05) is 19.7 Å². The van der Waals surface area contributed by atoms with Crippen molar-refractivity contribution in [3.05, 3.63) is 35.1 Å². The molecule has 2 aromatic heterocycles. The van der Waals surface area contributed by atoms with Gasteiger partial charge in [0.1, 0.15) is 17.5 Å². The van der Waals surface area contributed by atoms with Gasteiger partial charge in [0.05, 0.1) is 24.5 Å². The summed E-state index contributed by atoms with van der Waals surface area (Å²) in [6.45, 7) is 1.59. The minimum absolute atomic E-state index is 0.0993. The number of amides is 1. The van der Waals surface area contributed by atoms with Gasteiger partial charge in [0, 0.05) is 23.0 Å². The standard InChI is InChI=1S/C22H24BrN5O4/c23-14-6-7-18-16(10-14)21(26-28(18)20-5-1-2-9-31-20)17-11-24-12-19(25-17)32-15-4-3-8-27(13-15)22(29)30/h6-7,10-12,15,20H,1-5,8-9,13H2,(H,29,30)/t15-,20?/m1/s1. The van der Waals surface area contributed by atoms with Crippen molar-refractivity contribution in [1.29, 1.82) is 0 Å². The number of rotatable bonds is 4. The maximum atomic E-state index is 11.3. The number of benzene rings is 1. The minimum Gasteiger partial charge on any atom is -0.471 e. The molecular weight excluding hydrogens is 478 g/mol. The molecule has 0 saturated carbocycles. The first-order valence-electron chi connectivity index (χ1n) is 10.8. The molecule has 2 atom stereocenters. The number of nitrogens with zero attached hydrogens (tertiary/aromatic N) is 5. The number of carboxylic acid groups (broad SMARTS) is 1. The zero-order valence-corrected chi connectivity index (χ0v) is 19.1. The second-order valence-electron chi connectivity index (χ2n) is 8.13. The van der Waals surface area contributed by atoms with Crippen LogP contribution in [0.15, 0.2) is 35.1 Å². The fraction of sp³-hybridized carbons (Fsp3) is 0.455. The Kier molecular flexibility index (Phi) is 5.97. The van der Waals surface area contributed by atoms with E-state index in [0.717, 1.165) is 54.1 Å². The van der Waals surface area contributed by atoms with E-state index in [1.807, 2.05) is 22.9 Å². The molecule has 10 heteroatoms. The maximum absolute atomic E-state index is 11.3. The Hall–Kier alpha value is -2.72. The molecule has 0 aliphatic carbocycles. The largest absolute Gasteiger partial charge is 0.471 e. The van der Waals surface area contributed by atoms with E-state index in [1.54, 1.807) is 12.4 Å². The molecule has 4 heterocycles. The summed E-state index contributed by atoms with van der Waals surface area (Å²) >= 11 is 3.56. The van der Waals surface area contributed by atoms with Crippen LogP contribution in [0.5, 0.6) is 5.88 Å². The third-order valence-corrected chi connectivity index (χ3v) is 6.38. The van der Waals surface area contributed by atoms with Gasteiger partial charge >= 0.3 is 6.09 Å². The van der Waals surface area contributed by atoms with Crippen LogP contribution in [0.2, 0.25) is 0 Å². The molecule has 168 valence electrons. The highest BCUT2D eigenvalue weighted by Crippen LogP contribution is 2.34. The molecule has 1 amide bonds. The highest BCUT2D eigenvalue weighted by atomic mass is 79.9. The van der Waals surface area contributed by atoms with Gasteiger partial charge in [-0.1, -0.05) is 15.9 Å². The van der Waals surface area contributed by atoms with E-state index in [2.05, 4.69) is 25.9 Å². The first-order chi connectivity index (χ1) is 15.6. The molecular formula is C22H24BrN5O4. The van der Waals surface area contributed by atoms with Crippen LogP contribution >= 0.6 is 15.9 Å². The Morgan fingerprint density at radius 1 is 1.22 bits per heavy atom. The topological polar surface area (TPSA) is 103 Å². The second kappa shape index (κ2) is 9.03. The van der Waals surface area contributed by atoms with Crippen molar-refractivity contribution in [2.45, 2.75) is 44.4 Å². The molecule has 1 unspecified atom stereocenters. The van der Waals surface area contributed by atoms with Gasteiger partial charge in [0.25, 0.3) is 0 Å². The van der Waals surface area contributed by atoms with Gasteiger partial charge in [0.15, 0.2) is 6.23 Å². The summed E-state index contributed by atoms with van der Waals surface area (Å²) in [5, 5.41) is 15.1. The first-order valence-corrected chi connectivity index (χ1v) is 11.6. The maximum Gasteiger partial charge on any atom is 0.407 e. The number of hydrogen-bond acceptors (Lipinski definition) is 6. The normalized spacial score (nSPS) is 21.6. The monoisotopic (exact) mass is 501 g/mol. The molecule has 0 spiro atoms. The van der Waals surface area contributed by atoms with Crippen LogP contribution in [0.3, 0.4) is 0 Å². The Bertz CT molecular complexity index is 1130. The molecule has 2 saturated heterocycles. The lowest BCUT2D eigenvalue weighted by Gasteiger charge is -2.30. The Morgan fingerprint density at radius 3 is 2.94 bits per heavy atom. The quantitative estimate of drug-likeness (QED) is 0.562. The van der Waals surface area contributed by atoms with Gasteiger partial charge in [-0.25, -0.2) is 14.5 Å². The number of ether oxygens (including phenoxy) is 2. The lowest BCUT2D eigenvalue weighted by Crippen LogP contribution is -2.43. The lowest BCUT2D eigenvalue weighted by atomic mass is 10.1. The number of hydrogen-bond donors (Lipinski definition) is 1. The summed E-state index contributed by atoms with van der Waals surface area (Å²) in [6.07, 6.45) is 6.59. The minimum atomic E-state index is -0.925. The molecule has 9 nitrogen and oxygen atoms in total. The van der Waals surface area contributed by atoms with Gasteiger partial charge in [-0.3, -0.25) is 4.98 Å². The zero-order chi connectivity index (χ0) is 22.1. The van der Waals surface area contributed by atoms with E-state index in [-0.39, 0.29) is 12.3 Å². The molecule has 0 bridgehead atoms. The van der Waals surface area contributed by atoms with Crippen molar-refractivity contribution < 1.29 is 19.4 Å². The fourth-order valence-electron chi connectivity index (χ4n) is 4.34. The SMILES string of the molecule is O=C(O)N1CCC[C@@H](Oc2cncc(-c3nn(C4CCCCO4)c4ccc(Br)cc34)n2)C1. The summed E-state index contributed by atoms with van der Waals surface area (Å²) in [6, 6.07) is 6.05. The summed E-state index contributed by atoms with van der Waals surface area (Å²) in [4.78, 5) is 21.7. The summed E-state index contributed by atoms with van der Waals surface area (Å²) in [5.74, 6) is 0.367. The predicted molar refractivity (Wildman–Crippen MR) is 121 cm³/mol. The van der Waals surface area contributed by atoms with Crippen LogP contribution in [-0.4, -0.2) is 61.6 Å². The van der Waals surface area contributed by atoms with Crippen LogP contribution in [0.1, 0.15) is 38.3 Å². The lowest BCUT2D eigenvalue weighted by molar-refractivity contribution is -0.0365. The number of fused-ring (bicyclic) bond motifs is 1. The van der Waals surface area contributed by atoms with Crippen molar-refractivity contribution in [1.82, 2.24) is 24.6 Å². The number of aromatic nitrogens is 4. The third kappa shape index (κ3) is 4.29. The molecule has 0 radical (unpaired) electrons. The van der Waals surface area contributed by atoms with Gasteiger partial charge in [-0.15, -0.1) is 0 Å². The molecule has 5 rings (SSSR count). The number of halogens is 1. The summed E-state index contributed by atoms with van der Waals surface area (Å²) < 4.78 is 14.9. The number of carbonyl (C=O) groups is 1. The van der Waals surface area contributed by atoms with Crippen molar-refractivity contribution in [2.24, 2.45) is 0 Å². The average molecular weight is 502 g/mol. The van der Waals surface area contributed by atoms with E-state index in [1.165, 1.54) is 4.90 Å². The Morgan fingerprint density at radius 2 is 2.12 bits per heavy atom. The zero-order valence-electron chi connectivity index (χ0n) is 17.5. The van der Waals surface area contributed by atoms with Gasteiger partial charge in [0.2, 0.25) is 5.88 Å². The van der Waals surface area contributed by atoms with E-state index in [9.17, 15) is 9.90 Å². The van der Waals surface area contributed by atoms with Crippen LogP contribution in [-0.2, 0) is 4.74 Å². The predicted octanol–water partition coefficient (Wildman–Crippen LogP) is 4.48. The molecule has 2 aliphatic heterocycles. The second-order valence-corrected chi connectivity index (χ2v) is 9.04. The van der Waals surface area contributed by atoms with Crippen LogP contribution in [0, 0.1) is 0 Å². The molecule has 1 aromatic carbocycles. The van der Waals surface area contributed by atoms with Crippen LogP contribution in [0.25, 0.3) is 22.3 Å². The van der Waals surface area contributed by atoms with Crippen LogP contribution < -0.4 is 4.74 Å². The van der Waals surface area contributed by atoms with E-state index < -0.39 is 6.09 Å². The molecule has 2 fully saturated rings. The molecule has 32 heavy (non-hydrogen) atoms.